The molecule has 2 aromatic rings. The van der Waals surface area contributed by atoms with E-state index in [0.717, 1.165) is 21.2 Å². The highest BCUT2D eigenvalue weighted by Gasteiger charge is 2.24. The summed E-state index contributed by atoms with van der Waals surface area (Å²) in [7, 11) is -6.08. The highest BCUT2D eigenvalue weighted by molar-refractivity contribution is 7.91. The molecule has 0 unspecified atom stereocenters. The first-order valence-electron chi connectivity index (χ1n) is 7.54. The van der Waals surface area contributed by atoms with Crippen LogP contribution in [0, 0.1) is 0 Å². The number of hydrogen-bond donors (Lipinski definition) is 2. The molecule has 1 amide bonds. The molecular formula is C15H18ClN3O5S3. The average Bonchev–Trinajstić information content (AvgIpc) is 3.00. The van der Waals surface area contributed by atoms with Crippen molar-refractivity contribution in [2.45, 2.75) is 16.5 Å². The van der Waals surface area contributed by atoms with E-state index in [4.69, 9.17) is 16.7 Å². The summed E-state index contributed by atoms with van der Waals surface area (Å²) in [6, 6.07) is 9.39. The third-order valence-electron chi connectivity index (χ3n) is 3.46. The molecule has 0 fully saturated rings. The molecule has 0 saturated carbocycles. The quantitative estimate of drug-likeness (QED) is 0.621. The first kappa shape index (κ1) is 21.8. The van der Waals surface area contributed by atoms with E-state index in [0.29, 0.717) is 9.90 Å². The topological polar surface area (TPSA) is 127 Å². The summed E-state index contributed by atoms with van der Waals surface area (Å²) in [4.78, 5) is 12.0. The molecule has 0 saturated heterocycles. The zero-order chi connectivity index (χ0) is 20.2. The number of primary sulfonamides is 1. The molecule has 0 radical (unpaired) electrons. The van der Waals surface area contributed by atoms with Crippen molar-refractivity contribution in [2.24, 2.45) is 5.14 Å². The van der Waals surface area contributed by atoms with E-state index in [1.165, 1.54) is 19.2 Å². The van der Waals surface area contributed by atoms with Crippen LogP contribution >= 0.6 is 22.9 Å². The molecule has 2 rings (SSSR count). The SMILES string of the molecule is CN(CC(=O)NCc1ccc(CS(N)(=O)=O)cc1)S(=O)(=O)c1ccc(Cl)s1. The lowest BCUT2D eigenvalue weighted by Crippen LogP contribution is -2.37. The van der Waals surface area contributed by atoms with Crippen LogP contribution in [-0.2, 0) is 37.1 Å². The van der Waals surface area contributed by atoms with Gasteiger partial charge in [-0.1, -0.05) is 35.9 Å². The normalized spacial score (nSPS) is 12.3. The number of nitrogens with one attached hydrogen (secondary N) is 1. The third kappa shape index (κ3) is 6.55. The smallest absolute Gasteiger partial charge is 0.252 e. The van der Waals surface area contributed by atoms with E-state index in [2.05, 4.69) is 5.32 Å². The Hall–Kier alpha value is -1.50. The predicted octanol–water partition coefficient (Wildman–Crippen LogP) is 1.13. The number of amides is 1. The fraction of sp³-hybridized carbons (Fsp3) is 0.267. The third-order valence-corrected chi connectivity index (χ3v) is 7.70. The summed E-state index contributed by atoms with van der Waals surface area (Å²) >= 11 is 6.67. The highest BCUT2D eigenvalue weighted by atomic mass is 35.5. The first-order chi connectivity index (χ1) is 12.5. The molecule has 1 aromatic heterocycles. The molecule has 8 nitrogen and oxygen atoms in total. The minimum absolute atomic E-state index is 0.0632. The molecule has 148 valence electrons. The van der Waals surface area contributed by atoms with Crippen LogP contribution in [0.1, 0.15) is 11.1 Å². The monoisotopic (exact) mass is 451 g/mol. The van der Waals surface area contributed by atoms with Crippen LogP contribution in [-0.4, -0.2) is 40.6 Å². The van der Waals surface area contributed by atoms with Crippen molar-refractivity contribution in [3.05, 3.63) is 51.9 Å². The van der Waals surface area contributed by atoms with Gasteiger partial charge in [0.25, 0.3) is 10.0 Å². The van der Waals surface area contributed by atoms with Crippen LogP contribution in [0.3, 0.4) is 0 Å². The maximum atomic E-state index is 12.3. The van der Waals surface area contributed by atoms with Gasteiger partial charge < -0.3 is 5.32 Å². The average molecular weight is 452 g/mol. The van der Waals surface area contributed by atoms with Crippen molar-refractivity contribution in [1.29, 1.82) is 0 Å². The van der Waals surface area contributed by atoms with Crippen LogP contribution in [0.2, 0.25) is 4.34 Å². The van der Waals surface area contributed by atoms with Crippen LogP contribution in [0.15, 0.2) is 40.6 Å². The van der Waals surface area contributed by atoms with E-state index < -0.39 is 26.0 Å². The summed E-state index contributed by atoms with van der Waals surface area (Å²) in [6.07, 6.45) is 0. The Labute approximate surface area is 167 Å². The molecule has 0 aliphatic carbocycles. The largest absolute Gasteiger partial charge is 0.351 e. The second-order valence-corrected chi connectivity index (χ2v) is 11.3. The lowest BCUT2D eigenvalue weighted by molar-refractivity contribution is -0.121. The Kier molecular flexibility index (Phi) is 7.00. The van der Waals surface area contributed by atoms with E-state index >= 15 is 0 Å². The van der Waals surface area contributed by atoms with Crippen LogP contribution in [0.4, 0.5) is 0 Å². The van der Waals surface area contributed by atoms with Gasteiger partial charge in [0.05, 0.1) is 16.6 Å². The lowest BCUT2D eigenvalue weighted by atomic mass is 10.1. The summed E-state index contributed by atoms with van der Waals surface area (Å²) in [5.41, 5.74) is 1.27. The number of hydrogen-bond acceptors (Lipinski definition) is 6. The molecule has 0 aliphatic heterocycles. The Bertz CT molecular complexity index is 1020. The highest BCUT2D eigenvalue weighted by Crippen LogP contribution is 2.27. The zero-order valence-corrected chi connectivity index (χ0v) is 17.5. The van der Waals surface area contributed by atoms with Crippen molar-refractivity contribution in [3.8, 4) is 0 Å². The molecule has 12 heteroatoms. The number of nitrogens with zero attached hydrogens (tertiary/aromatic N) is 1. The minimum atomic E-state index is -3.78. The van der Waals surface area contributed by atoms with Gasteiger partial charge in [-0.05, 0) is 23.3 Å². The summed E-state index contributed by atoms with van der Waals surface area (Å²) in [6.45, 7) is -0.172. The van der Waals surface area contributed by atoms with Gasteiger partial charge >= 0.3 is 0 Å². The Morgan fingerprint density at radius 1 is 1.11 bits per heavy atom. The first-order valence-corrected chi connectivity index (χ1v) is 11.9. The van der Waals surface area contributed by atoms with E-state index in [1.54, 1.807) is 24.3 Å². The molecular weight excluding hydrogens is 434 g/mol. The predicted molar refractivity (Wildman–Crippen MR) is 104 cm³/mol. The number of rotatable bonds is 8. The Balaban J connectivity index is 1.90. The van der Waals surface area contributed by atoms with Gasteiger partial charge in [0.1, 0.15) is 4.21 Å². The van der Waals surface area contributed by atoms with Crippen molar-refractivity contribution in [2.75, 3.05) is 13.6 Å². The molecule has 27 heavy (non-hydrogen) atoms. The second kappa shape index (κ2) is 8.67. The lowest BCUT2D eigenvalue weighted by Gasteiger charge is -2.15. The van der Waals surface area contributed by atoms with Crippen molar-refractivity contribution in [1.82, 2.24) is 9.62 Å². The second-order valence-electron chi connectivity index (χ2n) is 5.72. The summed E-state index contributed by atoms with van der Waals surface area (Å²) < 4.78 is 48.1. The van der Waals surface area contributed by atoms with Crippen LogP contribution in [0.25, 0.3) is 0 Å². The Morgan fingerprint density at radius 3 is 2.22 bits per heavy atom. The van der Waals surface area contributed by atoms with Gasteiger partial charge in [-0.15, -0.1) is 11.3 Å². The molecule has 0 spiro atoms. The zero-order valence-electron chi connectivity index (χ0n) is 14.3. The number of thiophene rings is 1. The molecule has 0 bridgehead atoms. The van der Waals surface area contributed by atoms with E-state index in [1.807, 2.05) is 0 Å². The summed E-state index contributed by atoms with van der Waals surface area (Å²) in [5, 5.41) is 7.60. The number of carbonyl (C=O) groups is 1. The molecule has 1 aromatic carbocycles. The number of halogens is 1. The number of carbonyl (C=O) groups excluding carboxylic acids is 1. The molecule has 0 atom stereocenters. The number of nitrogens with two attached hydrogens (primary N) is 1. The Morgan fingerprint density at radius 2 is 1.70 bits per heavy atom. The molecule has 1 heterocycles. The number of sulfonamides is 2. The molecule has 3 N–H and O–H groups in total. The van der Waals surface area contributed by atoms with Gasteiger partial charge in [0.2, 0.25) is 15.9 Å². The number of benzene rings is 1. The fourth-order valence-electron chi connectivity index (χ4n) is 2.12. The van der Waals surface area contributed by atoms with Gasteiger partial charge in [0.15, 0.2) is 0 Å². The van der Waals surface area contributed by atoms with Crippen molar-refractivity contribution in [3.63, 3.8) is 0 Å². The van der Waals surface area contributed by atoms with Gasteiger partial charge in [-0.3, -0.25) is 4.79 Å². The van der Waals surface area contributed by atoms with Crippen LogP contribution < -0.4 is 10.5 Å². The van der Waals surface area contributed by atoms with Gasteiger partial charge in [-0.2, -0.15) is 4.31 Å². The van der Waals surface area contributed by atoms with Gasteiger partial charge in [0, 0.05) is 13.6 Å². The van der Waals surface area contributed by atoms with E-state index in [9.17, 15) is 21.6 Å². The van der Waals surface area contributed by atoms with E-state index in [-0.39, 0.29) is 23.1 Å². The van der Waals surface area contributed by atoms with Gasteiger partial charge in [-0.25, -0.2) is 22.0 Å². The number of likely N-dealkylation sites (N-methyl/N-ethyl adjacent to an activating group) is 1. The maximum Gasteiger partial charge on any atom is 0.252 e. The van der Waals surface area contributed by atoms with Crippen molar-refractivity contribution < 1.29 is 21.6 Å². The maximum absolute atomic E-state index is 12.3. The van der Waals surface area contributed by atoms with Crippen LogP contribution in [0.5, 0.6) is 0 Å². The molecule has 0 aliphatic rings. The van der Waals surface area contributed by atoms with Crippen molar-refractivity contribution >= 4 is 48.9 Å². The standard InChI is InChI=1S/C15H18ClN3O5S3/c1-19(27(23,24)15-7-6-13(16)25-15)9-14(20)18-8-11-2-4-12(5-3-11)10-26(17,21)22/h2-7H,8-10H2,1H3,(H,18,20)(H2,17,21,22). The fourth-order valence-corrected chi connectivity index (χ4v) is 5.60. The summed E-state index contributed by atoms with van der Waals surface area (Å²) in [5.74, 6) is -0.744. The minimum Gasteiger partial charge on any atom is -0.351 e.